The minimum atomic E-state index is -0.889. The van der Waals surface area contributed by atoms with Gasteiger partial charge in [-0.25, -0.2) is 8.78 Å². The summed E-state index contributed by atoms with van der Waals surface area (Å²) in [6.07, 6.45) is -0.580. The van der Waals surface area contributed by atoms with Gasteiger partial charge in [0.25, 0.3) is 0 Å². The van der Waals surface area contributed by atoms with Crippen molar-refractivity contribution in [2.24, 2.45) is 5.73 Å². The van der Waals surface area contributed by atoms with E-state index in [2.05, 4.69) is 0 Å². The Morgan fingerprint density at radius 1 is 1.31 bits per heavy atom. The quantitative estimate of drug-likeness (QED) is 0.844. The summed E-state index contributed by atoms with van der Waals surface area (Å²) in [6, 6.07) is 3.22. The Bertz CT molecular complexity index is 510. The maximum absolute atomic E-state index is 13.3. The third-order valence-electron chi connectivity index (χ3n) is 2.34. The summed E-state index contributed by atoms with van der Waals surface area (Å²) in [5.41, 5.74) is 5.37. The summed E-state index contributed by atoms with van der Waals surface area (Å²) in [7, 11) is 0. The highest BCUT2D eigenvalue weighted by atomic mass is 19.1. The van der Waals surface area contributed by atoms with E-state index in [1.807, 2.05) is 0 Å². The monoisotopic (exact) mass is 227 g/mol. The first-order valence-corrected chi connectivity index (χ1v) is 4.88. The summed E-state index contributed by atoms with van der Waals surface area (Å²) >= 11 is 0. The van der Waals surface area contributed by atoms with Gasteiger partial charge >= 0.3 is 0 Å². The van der Waals surface area contributed by atoms with Gasteiger partial charge in [0, 0.05) is 12.1 Å². The molecule has 16 heavy (non-hydrogen) atoms. The van der Waals surface area contributed by atoms with Crippen molar-refractivity contribution in [3.8, 4) is 0 Å². The molecule has 3 N–H and O–H groups in total. The molecule has 2 aromatic rings. The zero-order valence-electron chi connectivity index (χ0n) is 8.41. The Hall–Kier alpha value is -1.46. The number of aliphatic hydroxyl groups is 1. The van der Waals surface area contributed by atoms with Crippen molar-refractivity contribution in [1.82, 2.24) is 0 Å². The van der Waals surface area contributed by atoms with Gasteiger partial charge in [0.15, 0.2) is 0 Å². The molecule has 0 fully saturated rings. The fourth-order valence-corrected chi connectivity index (χ4v) is 1.55. The van der Waals surface area contributed by atoms with Gasteiger partial charge in [0.2, 0.25) is 0 Å². The molecule has 5 heteroatoms. The van der Waals surface area contributed by atoms with E-state index in [0.717, 1.165) is 12.1 Å². The molecule has 1 atom stereocenters. The molecule has 0 spiro atoms. The summed E-state index contributed by atoms with van der Waals surface area (Å²) in [6.45, 7) is 0.287. The van der Waals surface area contributed by atoms with Crippen LogP contribution < -0.4 is 5.73 Å². The lowest BCUT2D eigenvalue weighted by molar-refractivity contribution is 0.145. The predicted octanol–water partition coefficient (Wildman–Crippen LogP) is 2.09. The third-order valence-corrected chi connectivity index (χ3v) is 2.34. The van der Waals surface area contributed by atoms with Gasteiger partial charge in [-0.1, -0.05) is 0 Å². The largest absolute Gasteiger partial charge is 0.458 e. The average Bonchev–Trinajstić information content (AvgIpc) is 2.62. The number of furan rings is 1. The highest BCUT2D eigenvalue weighted by Gasteiger charge is 2.15. The summed E-state index contributed by atoms with van der Waals surface area (Å²) in [5.74, 6) is -1.21. The van der Waals surface area contributed by atoms with Gasteiger partial charge < -0.3 is 15.3 Å². The minimum absolute atomic E-state index is 0.0866. The normalized spacial score (nSPS) is 13.2. The number of hydrogen-bond acceptors (Lipinski definition) is 3. The minimum Gasteiger partial charge on any atom is -0.458 e. The van der Waals surface area contributed by atoms with Crippen LogP contribution in [0, 0.1) is 11.6 Å². The first kappa shape index (κ1) is 11.0. The molecular weight excluding hydrogens is 216 g/mol. The van der Waals surface area contributed by atoms with E-state index in [0.29, 0.717) is 6.42 Å². The van der Waals surface area contributed by atoms with E-state index in [1.54, 1.807) is 0 Å². The van der Waals surface area contributed by atoms with Crippen LogP contribution >= 0.6 is 0 Å². The first-order valence-electron chi connectivity index (χ1n) is 4.88. The van der Waals surface area contributed by atoms with Crippen molar-refractivity contribution in [2.45, 2.75) is 12.5 Å². The Morgan fingerprint density at radius 3 is 2.75 bits per heavy atom. The molecule has 0 aliphatic rings. The molecule has 2 rings (SSSR count). The van der Waals surface area contributed by atoms with E-state index in [9.17, 15) is 13.9 Å². The molecule has 3 nitrogen and oxygen atoms in total. The molecule has 0 bridgehead atoms. The Morgan fingerprint density at radius 2 is 2.06 bits per heavy atom. The molecule has 0 amide bonds. The molecule has 1 unspecified atom stereocenters. The van der Waals surface area contributed by atoms with Crippen LogP contribution in [-0.4, -0.2) is 11.7 Å². The van der Waals surface area contributed by atoms with Crippen molar-refractivity contribution in [3.05, 3.63) is 35.6 Å². The second kappa shape index (κ2) is 4.19. The van der Waals surface area contributed by atoms with Crippen LogP contribution in [0.15, 0.2) is 22.6 Å². The topological polar surface area (TPSA) is 59.4 Å². The van der Waals surface area contributed by atoms with Gasteiger partial charge in [-0.15, -0.1) is 0 Å². The van der Waals surface area contributed by atoms with Gasteiger partial charge in [-0.2, -0.15) is 0 Å². The van der Waals surface area contributed by atoms with Crippen LogP contribution in [0.5, 0.6) is 0 Å². The Balaban J connectivity index is 2.47. The number of fused-ring (bicyclic) bond motifs is 1. The van der Waals surface area contributed by atoms with E-state index < -0.39 is 17.7 Å². The average molecular weight is 227 g/mol. The van der Waals surface area contributed by atoms with Crippen LogP contribution in [0.1, 0.15) is 18.3 Å². The molecular formula is C11H11F2NO2. The lowest BCUT2D eigenvalue weighted by atomic mass is 10.2. The van der Waals surface area contributed by atoms with E-state index in [-0.39, 0.29) is 23.3 Å². The van der Waals surface area contributed by atoms with Gasteiger partial charge in [0.1, 0.15) is 29.1 Å². The number of halogens is 2. The molecule has 1 aromatic heterocycles. The fraction of sp³-hybridized carbons (Fsp3) is 0.273. The molecule has 0 aliphatic heterocycles. The number of benzene rings is 1. The zero-order valence-corrected chi connectivity index (χ0v) is 8.41. The SMILES string of the molecule is NCCC(O)c1cc2c(F)cc(F)cc2o1. The van der Waals surface area contributed by atoms with Gasteiger partial charge in [-0.05, 0) is 19.0 Å². The summed E-state index contributed by atoms with van der Waals surface area (Å²) in [4.78, 5) is 0. The fourth-order valence-electron chi connectivity index (χ4n) is 1.55. The molecule has 1 heterocycles. The molecule has 0 radical (unpaired) electrons. The molecule has 1 aromatic carbocycles. The van der Waals surface area contributed by atoms with Gasteiger partial charge in [-0.3, -0.25) is 0 Å². The Labute approximate surface area is 90.5 Å². The van der Waals surface area contributed by atoms with Crippen molar-refractivity contribution >= 4 is 11.0 Å². The highest BCUT2D eigenvalue weighted by Crippen LogP contribution is 2.27. The van der Waals surface area contributed by atoms with Crippen LogP contribution in [-0.2, 0) is 0 Å². The van der Waals surface area contributed by atoms with Crippen LogP contribution in [0.4, 0.5) is 8.78 Å². The lowest BCUT2D eigenvalue weighted by Gasteiger charge is -2.03. The molecule has 86 valence electrons. The number of hydrogen-bond donors (Lipinski definition) is 2. The predicted molar refractivity (Wildman–Crippen MR) is 54.8 cm³/mol. The zero-order chi connectivity index (χ0) is 11.7. The number of nitrogens with two attached hydrogens (primary N) is 1. The maximum Gasteiger partial charge on any atom is 0.140 e. The number of aliphatic hydroxyl groups excluding tert-OH is 1. The first-order chi connectivity index (χ1) is 7.61. The van der Waals surface area contributed by atoms with Crippen molar-refractivity contribution in [2.75, 3.05) is 6.54 Å². The molecule has 0 saturated carbocycles. The molecule has 0 aliphatic carbocycles. The second-order valence-corrected chi connectivity index (χ2v) is 3.54. The second-order valence-electron chi connectivity index (χ2n) is 3.54. The van der Waals surface area contributed by atoms with E-state index in [1.165, 1.54) is 6.07 Å². The van der Waals surface area contributed by atoms with Crippen molar-refractivity contribution in [1.29, 1.82) is 0 Å². The standard InChI is InChI=1S/C11H11F2NO2/c12-6-3-8(13)7-5-11(9(15)1-2-14)16-10(7)4-6/h3-5,9,15H,1-2,14H2. The smallest absolute Gasteiger partial charge is 0.140 e. The summed E-state index contributed by atoms with van der Waals surface area (Å²) < 4.78 is 31.3. The number of rotatable bonds is 3. The summed E-state index contributed by atoms with van der Waals surface area (Å²) in [5, 5.41) is 9.75. The maximum atomic E-state index is 13.3. The lowest BCUT2D eigenvalue weighted by Crippen LogP contribution is -2.05. The van der Waals surface area contributed by atoms with Crippen LogP contribution in [0.25, 0.3) is 11.0 Å². The Kier molecular flexibility index (Phi) is 2.89. The van der Waals surface area contributed by atoms with Gasteiger partial charge in [0.05, 0.1) is 5.39 Å². The van der Waals surface area contributed by atoms with E-state index >= 15 is 0 Å². The molecule has 0 saturated heterocycles. The van der Waals surface area contributed by atoms with Crippen molar-refractivity contribution < 1.29 is 18.3 Å². The van der Waals surface area contributed by atoms with E-state index in [4.69, 9.17) is 10.2 Å². The van der Waals surface area contributed by atoms with Crippen LogP contribution in [0.3, 0.4) is 0 Å². The third kappa shape index (κ3) is 1.91. The highest BCUT2D eigenvalue weighted by molar-refractivity contribution is 5.78. The van der Waals surface area contributed by atoms with Crippen molar-refractivity contribution in [3.63, 3.8) is 0 Å². The van der Waals surface area contributed by atoms with Crippen LogP contribution in [0.2, 0.25) is 0 Å².